The van der Waals surface area contributed by atoms with Gasteiger partial charge in [0.05, 0.1) is 0 Å². The molecule has 0 heterocycles. The molecular formula is C7H15NO. The van der Waals surface area contributed by atoms with Gasteiger partial charge < -0.3 is 5.32 Å². The molecule has 0 aromatic rings. The van der Waals surface area contributed by atoms with E-state index in [0.717, 1.165) is 6.42 Å². The molecule has 0 aromatic heterocycles. The molecule has 0 aliphatic heterocycles. The lowest BCUT2D eigenvalue weighted by Crippen LogP contribution is -2.19. The molecule has 0 bridgehead atoms. The highest BCUT2D eigenvalue weighted by Crippen LogP contribution is 1.78. The quantitative estimate of drug-likeness (QED) is 0.572. The van der Waals surface area contributed by atoms with Crippen molar-refractivity contribution >= 4 is 5.91 Å². The second-order valence-corrected chi connectivity index (χ2v) is 1.71. The number of allylic oxidation sites excluding steroid dienone is 1. The predicted octanol–water partition coefficient (Wildman–Crippen LogP) is 1.33. The molecule has 0 saturated heterocycles. The van der Waals surface area contributed by atoms with Crippen LogP contribution in [0.5, 0.6) is 0 Å². The van der Waals surface area contributed by atoms with Crippen LogP contribution in [0.15, 0.2) is 12.2 Å². The molecule has 9 heavy (non-hydrogen) atoms. The number of hydrogen-bond acceptors (Lipinski definition) is 1. The van der Waals surface area contributed by atoms with Crippen LogP contribution >= 0.6 is 0 Å². The van der Waals surface area contributed by atoms with E-state index >= 15 is 0 Å². The number of carbonyl (C=O) groups excluding carboxylic acids is 1. The molecule has 0 atom stereocenters. The molecule has 0 saturated carbocycles. The van der Waals surface area contributed by atoms with Crippen molar-refractivity contribution in [2.45, 2.75) is 20.3 Å². The van der Waals surface area contributed by atoms with E-state index in [4.69, 9.17) is 0 Å². The Labute approximate surface area is 57.4 Å². The van der Waals surface area contributed by atoms with E-state index < -0.39 is 0 Å². The van der Waals surface area contributed by atoms with Gasteiger partial charge in [-0.05, 0) is 19.4 Å². The molecule has 0 spiro atoms. The first-order chi connectivity index (χ1) is 4.31. The molecule has 54 valence electrons. The highest BCUT2D eigenvalue weighted by molar-refractivity contribution is 5.87. The Morgan fingerprint density at radius 2 is 2.33 bits per heavy atom. The zero-order valence-corrected chi connectivity index (χ0v) is 5.98. The lowest BCUT2D eigenvalue weighted by molar-refractivity contribution is -0.116. The molecule has 0 rings (SSSR count). The van der Waals surface area contributed by atoms with Gasteiger partial charge in [0.15, 0.2) is 0 Å². The second kappa shape index (κ2) is 5.35. The molecule has 2 nitrogen and oxygen atoms in total. The van der Waals surface area contributed by atoms with Gasteiger partial charge in [0.25, 0.3) is 0 Å². The van der Waals surface area contributed by atoms with Crippen LogP contribution in [0.4, 0.5) is 0 Å². The van der Waals surface area contributed by atoms with Gasteiger partial charge in [-0.3, -0.25) is 4.79 Å². The Kier molecular flexibility index (Phi) is 4.88. The molecule has 0 fully saturated rings. The summed E-state index contributed by atoms with van der Waals surface area (Å²) in [5, 5.41) is 2.65. The molecule has 0 radical (unpaired) electrons. The number of amides is 1. The van der Waals surface area contributed by atoms with Crippen LogP contribution in [-0.4, -0.2) is 12.5 Å². The summed E-state index contributed by atoms with van der Waals surface area (Å²) >= 11 is 0. The number of likely N-dealkylation sites (N-methyl/N-ethyl adjacent to an activating group) is 1. The molecular weight excluding hydrogens is 114 g/mol. The normalized spacial score (nSPS) is 10.0. The van der Waals surface area contributed by atoms with Crippen LogP contribution in [0.3, 0.4) is 0 Å². The van der Waals surface area contributed by atoms with Gasteiger partial charge >= 0.3 is 0 Å². The Morgan fingerprint density at radius 3 is 2.78 bits per heavy atom. The van der Waals surface area contributed by atoms with Crippen molar-refractivity contribution in [1.82, 2.24) is 5.32 Å². The first-order valence-electron chi connectivity index (χ1n) is 3.25. The largest absolute Gasteiger partial charge is 0.353 e. The van der Waals surface area contributed by atoms with E-state index in [1.807, 2.05) is 19.9 Å². The monoisotopic (exact) mass is 129 g/mol. The third kappa shape index (κ3) is 5.07. The topological polar surface area (TPSA) is 29.1 Å². The molecule has 1 amide bonds. The van der Waals surface area contributed by atoms with E-state index in [2.05, 4.69) is 5.32 Å². The van der Waals surface area contributed by atoms with Gasteiger partial charge in [-0.2, -0.15) is 0 Å². The lowest BCUT2D eigenvalue weighted by atomic mass is 10.4. The second-order valence-electron chi connectivity index (χ2n) is 1.71. The fourth-order valence-corrected chi connectivity index (χ4v) is 0.458. The molecule has 0 aromatic carbocycles. The van der Waals surface area contributed by atoms with E-state index in [1.54, 1.807) is 6.08 Å². The van der Waals surface area contributed by atoms with E-state index in [0.29, 0.717) is 6.54 Å². The molecule has 0 aliphatic carbocycles. The summed E-state index contributed by atoms with van der Waals surface area (Å²) in [5.74, 6) is -0.000602. The molecule has 0 unspecified atom stereocenters. The van der Waals surface area contributed by atoms with Crippen molar-refractivity contribution in [3.8, 4) is 0 Å². The zero-order valence-electron chi connectivity index (χ0n) is 5.98. The first kappa shape index (κ1) is 8.21. The van der Waals surface area contributed by atoms with E-state index in [1.165, 1.54) is 0 Å². The fourth-order valence-electron chi connectivity index (χ4n) is 0.458. The smallest absolute Gasteiger partial charge is 0.243 e. The lowest BCUT2D eigenvalue weighted by Gasteiger charge is -1.92. The fraction of sp³-hybridized carbons (Fsp3) is 0.571. The number of hydrogen-bond donors (Lipinski definition) is 1. The number of rotatable bonds is 3. The van der Waals surface area contributed by atoms with Crippen molar-refractivity contribution < 1.29 is 6.22 Å². The maximum absolute atomic E-state index is 10.6. The predicted molar refractivity (Wildman–Crippen MR) is 40.2 cm³/mol. The summed E-state index contributed by atoms with van der Waals surface area (Å²) in [6, 6.07) is 0. The summed E-state index contributed by atoms with van der Waals surface area (Å²) in [5.41, 5.74) is 0. The average Bonchev–Trinajstić information content (AvgIpc) is 1.85. The van der Waals surface area contributed by atoms with Crippen LogP contribution < -0.4 is 5.32 Å². The van der Waals surface area contributed by atoms with Gasteiger partial charge in [-0.25, -0.2) is 0 Å². The maximum atomic E-state index is 10.6. The minimum atomic E-state index is -0.000602. The summed E-state index contributed by atoms with van der Waals surface area (Å²) in [7, 11) is 0. The minimum Gasteiger partial charge on any atom is -0.353 e. The van der Waals surface area contributed by atoms with Gasteiger partial charge in [0.2, 0.25) is 5.91 Å². The van der Waals surface area contributed by atoms with E-state index in [-0.39, 0.29) is 7.33 Å². The summed E-state index contributed by atoms with van der Waals surface area (Å²) in [6.07, 6.45) is 4.31. The Bertz CT molecular complexity index is 112. The van der Waals surface area contributed by atoms with Crippen molar-refractivity contribution in [1.29, 1.82) is 0 Å². The highest BCUT2D eigenvalue weighted by Gasteiger charge is 1.86. The van der Waals surface area contributed by atoms with Gasteiger partial charge in [0, 0.05) is 7.97 Å². The number of carbonyl (C=O) groups is 1. The maximum Gasteiger partial charge on any atom is 0.243 e. The Hall–Kier alpha value is -0.790. The summed E-state index contributed by atoms with van der Waals surface area (Å²) in [6.45, 7) is 4.60. The van der Waals surface area contributed by atoms with Gasteiger partial charge in [-0.1, -0.05) is 13.0 Å². The van der Waals surface area contributed by atoms with Crippen molar-refractivity contribution in [3.05, 3.63) is 12.2 Å². The number of nitrogens with one attached hydrogen (secondary N) is 1. The third-order valence-electron chi connectivity index (χ3n) is 0.856. The Morgan fingerprint density at radius 1 is 1.67 bits per heavy atom. The van der Waals surface area contributed by atoms with Gasteiger partial charge in [0.1, 0.15) is 0 Å². The molecule has 1 N–H and O–H groups in total. The average molecular weight is 129 g/mol. The zero-order chi connectivity index (χ0) is 7.11. The van der Waals surface area contributed by atoms with E-state index in [9.17, 15) is 4.79 Å². The highest BCUT2D eigenvalue weighted by atomic mass is 16.1. The summed E-state index contributed by atoms with van der Waals surface area (Å²) in [4.78, 5) is 10.6. The molecule has 0 aliphatic rings. The standard InChI is InChI=1S/C7H13NO.H2/c1-3-5-6-7(9)8-4-2;/h5-6H,3-4H2,1-2H3,(H,8,9);1H/b6-5+;. The third-order valence-corrected chi connectivity index (χ3v) is 0.856. The van der Waals surface area contributed by atoms with Crippen LogP contribution in [0.1, 0.15) is 21.7 Å². The molecule has 2 heteroatoms. The summed E-state index contributed by atoms with van der Waals surface area (Å²) < 4.78 is 0. The van der Waals surface area contributed by atoms with Crippen LogP contribution in [0, 0.1) is 0 Å². The van der Waals surface area contributed by atoms with Crippen LogP contribution in [-0.2, 0) is 4.79 Å². The Balaban J connectivity index is 0. The van der Waals surface area contributed by atoms with Crippen molar-refractivity contribution in [3.63, 3.8) is 0 Å². The first-order valence-corrected chi connectivity index (χ1v) is 3.25. The van der Waals surface area contributed by atoms with Crippen LogP contribution in [0.25, 0.3) is 0 Å². The van der Waals surface area contributed by atoms with Gasteiger partial charge in [-0.15, -0.1) is 0 Å². The SMILES string of the molecule is CC/C=C/C(=O)NCC.[HH]. The minimum absolute atomic E-state index is 0. The van der Waals surface area contributed by atoms with Crippen molar-refractivity contribution in [2.24, 2.45) is 0 Å². The van der Waals surface area contributed by atoms with Crippen LogP contribution in [0.2, 0.25) is 0 Å². The van der Waals surface area contributed by atoms with Crippen molar-refractivity contribution in [2.75, 3.05) is 6.54 Å².